The number of aromatic nitrogens is 4. The van der Waals surface area contributed by atoms with Gasteiger partial charge >= 0.3 is 0 Å². The highest BCUT2D eigenvalue weighted by Gasteiger charge is 2.23. The minimum atomic E-state index is -0.0847. The molecule has 0 bridgehead atoms. The van der Waals surface area contributed by atoms with Crippen molar-refractivity contribution in [2.45, 2.75) is 0 Å². The van der Waals surface area contributed by atoms with Crippen LogP contribution in [-0.2, 0) is 4.79 Å². The van der Waals surface area contributed by atoms with E-state index in [0.717, 1.165) is 39.1 Å². The smallest absolute Gasteiger partial charge is 0.256 e. The molecule has 0 saturated heterocycles. The van der Waals surface area contributed by atoms with E-state index >= 15 is 0 Å². The lowest BCUT2D eigenvalue weighted by Gasteiger charge is -1.99. The second kappa shape index (κ2) is 6.59. The Kier molecular flexibility index (Phi) is 3.80. The quantitative estimate of drug-likeness (QED) is 0.537. The highest BCUT2D eigenvalue weighted by Crippen LogP contribution is 2.33. The van der Waals surface area contributed by atoms with Crippen molar-refractivity contribution in [3.8, 4) is 0 Å². The molecule has 5 rings (SSSR count). The van der Waals surface area contributed by atoms with Gasteiger partial charge in [-0.15, -0.1) is 0 Å². The molecule has 1 amide bonds. The van der Waals surface area contributed by atoms with Crippen molar-refractivity contribution >= 4 is 46.3 Å². The molecule has 0 unspecified atom stereocenters. The number of carbonyl (C=O) groups is 1. The first-order valence-electron chi connectivity index (χ1n) is 8.82. The number of H-pyrrole nitrogens is 1. The fourth-order valence-corrected chi connectivity index (χ4v) is 3.29. The van der Waals surface area contributed by atoms with Gasteiger partial charge in [0.25, 0.3) is 5.91 Å². The van der Waals surface area contributed by atoms with Crippen LogP contribution in [0.5, 0.6) is 0 Å². The molecule has 0 radical (unpaired) electrons. The fraction of sp³-hybridized carbons (Fsp3) is 0. The molecule has 0 fully saturated rings. The molecular weight excluding hydrogens is 350 g/mol. The van der Waals surface area contributed by atoms with Gasteiger partial charge in [0, 0.05) is 34.6 Å². The first-order valence-corrected chi connectivity index (χ1v) is 8.82. The molecule has 0 saturated carbocycles. The number of rotatable bonds is 3. The standard InChI is InChI=1S/C22H15N5O/c28-22-18(16-3-1-2-4-19(16)25-22)11-14-5-7-17-20(26-27-21(17)12-14)8-6-15-13-23-9-10-24-15/h1-13H,(H,25,28)(H,26,27). The Labute approximate surface area is 160 Å². The number of benzene rings is 2. The Morgan fingerprint density at radius 1 is 1.00 bits per heavy atom. The summed E-state index contributed by atoms with van der Waals surface area (Å²) in [7, 11) is 0. The first-order chi connectivity index (χ1) is 13.8. The van der Waals surface area contributed by atoms with Gasteiger partial charge < -0.3 is 5.32 Å². The van der Waals surface area contributed by atoms with Crippen molar-refractivity contribution in [3.05, 3.63) is 83.6 Å². The van der Waals surface area contributed by atoms with E-state index in [1.807, 2.05) is 60.7 Å². The third-order valence-corrected chi connectivity index (χ3v) is 4.63. The van der Waals surface area contributed by atoms with Crippen molar-refractivity contribution in [2.75, 3.05) is 5.32 Å². The Morgan fingerprint density at radius 3 is 2.82 bits per heavy atom. The topological polar surface area (TPSA) is 83.6 Å². The van der Waals surface area contributed by atoms with Crippen LogP contribution < -0.4 is 5.32 Å². The van der Waals surface area contributed by atoms with Gasteiger partial charge in [-0.25, -0.2) is 0 Å². The summed E-state index contributed by atoms with van der Waals surface area (Å²) in [6.45, 7) is 0. The molecule has 0 spiro atoms. The van der Waals surface area contributed by atoms with E-state index in [4.69, 9.17) is 0 Å². The summed E-state index contributed by atoms with van der Waals surface area (Å²) < 4.78 is 0. The lowest BCUT2D eigenvalue weighted by molar-refractivity contribution is -0.110. The van der Waals surface area contributed by atoms with Gasteiger partial charge in [0.1, 0.15) is 0 Å². The number of fused-ring (bicyclic) bond motifs is 2. The van der Waals surface area contributed by atoms with Crippen molar-refractivity contribution in [2.24, 2.45) is 0 Å². The maximum atomic E-state index is 12.3. The number of carbonyl (C=O) groups excluding carboxylic acids is 1. The second-order valence-corrected chi connectivity index (χ2v) is 6.44. The summed E-state index contributed by atoms with van der Waals surface area (Å²) >= 11 is 0. The maximum absolute atomic E-state index is 12.3. The van der Waals surface area contributed by atoms with Crippen molar-refractivity contribution in [1.29, 1.82) is 0 Å². The molecule has 1 aliphatic rings. The lowest BCUT2D eigenvalue weighted by atomic mass is 10.0. The predicted octanol–water partition coefficient (Wildman–Crippen LogP) is 4.02. The molecule has 3 heterocycles. The van der Waals surface area contributed by atoms with Crippen LogP contribution in [0.2, 0.25) is 0 Å². The number of para-hydroxylation sites is 1. The van der Waals surface area contributed by atoms with Gasteiger partial charge in [0.2, 0.25) is 0 Å². The molecule has 4 aromatic rings. The van der Waals surface area contributed by atoms with Crippen LogP contribution in [0.15, 0.2) is 61.1 Å². The van der Waals surface area contributed by atoms with Crippen molar-refractivity contribution < 1.29 is 4.79 Å². The van der Waals surface area contributed by atoms with E-state index in [1.54, 1.807) is 18.6 Å². The average Bonchev–Trinajstić information content (AvgIpc) is 3.28. The number of anilines is 1. The van der Waals surface area contributed by atoms with Crippen molar-refractivity contribution in [1.82, 2.24) is 20.2 Å². The van der Waals surface area contributed by atoms with E-state index in [9.17, 15) is 4.79 Å². The number of amides is 1. The highest BCUT2D eigenvalue weighted by atomic mass is 16.2. The zero-order chi connectivity index (χ0) is 18.9. The molecule has 0 aliphatic carbocycles. The van der Waals surface area contributed by atoms with Crippen LogP contribution in [0.25, 0.3) is 34.7 Å². The zero-order valence-electron chi connectivity index (χ0n) is 14.8. The van der Waals surface area contributed by atoms with Gasteiger partial charge in [0.05, 0.1) is 23.1 Å². The van der Waals surface area contributed by atoms with Crippen LogP contribution in [-0.4, -0.2) is 26.1 Å². The Bertz CT molecular complexity index is 1250. The largest absolute Gasteiger partial charge is 0.321 e. The summed E-state index contributed by atoms with van der Waals surface area (Å²) in [6.07, 6.45) is 10.7. The Hall–Kier alpha value is -4.06. The van der Waals surface area contributed by atoms with Gasteiger partial charge in [0.15, 0.2) is 0 Å². The minimum Gasteiger partial charge on any atom is -0.321 e. The normalized spacial score (nSPS) is 14.7. The molecule has 6 nitrogen and oxygen atoms in total. The average molecular weight is 365 g/mol. The Balaban J connectivity index is 1.49. The summed E-state index contributed by atoms with van der Waals surface area (Å²) in [6, 6.07) is 13.7. The predicted molar refractivity (Wildman–Crippen MR) is 110 cm³/mol. The Morgan fingerprint density at radius 2 is 1.93 bits per heavy atom. The van der Waals surface area contributed by atoms with Crippen molar-refractivity contribution in [3.63, 3.8) is 0 Å². The number of aromatic amines is 1. The molecule has 28 heavy (non-hydrogen) atoms. The monoisotopic (exact) mass is 365 g/mol. The fourth-order valence-electron chi connectivity index (χ4n) is 3.29. The maximum Gasteiger partial charge on any atom is 0.256 e. The van der Waals surface area contributed by atoms with E-state index in [1.165, 1.54) is 0 Å². The molecule has 0 atom stereocenters. The van der Waals surface area contributed by atoms with Crippen LogP contribution in [0.4, 0.5) is 5.69 Å². The molecule has 6 heteroatoms. The highest BCUT2D eigenvalue weighted by molar-refractivity contribution is 6.34. The summed E-state index contributed by atoms with van der Waals surface area (Å²) in [4.78, 5) is 20.6. The summed E-state index contributed by atoms with van der Waals surface area (Å²) in [5.41, 5.74) is 5.86. The molecule has 2 aromatic carbocycles. The van der Waals surface area contributed by atoms with Crippen LogP contribution in [0.3, 0.4) is 0 Å². The van der Waals surface area contributed by atoms with Crippen LogP contribution >= 0.6 is 0 Å². The van der Waals surface area contributed by atoms with Crippen LogP contribution in [0, 0.1) is 0 Å². The van der Waals surface area contributed by atoms with Gasteiger partial charge in [-0.05, 0) is 42.0 Å². The summed E-state index contributed by atoms with van der Waals surface area (Å²) in [5.74, 6) is -0.0847. The van der Waals surface area contributed by atoms with Gasteiger partial charge in [-0.1, -0.05) is 24.3 Å². The van der Waals surface area contributed by atoms with E-state index in [0.29, 0.717) is 5.57 Å². The third-order valence-electron chi connectivity index (χ3n) is 4.63. The number of nitrogens with one attached hydrogen (secondary N) is 2. The zero-order valence-corrected chi connectivity index (χ0v) is 14.8. The number of nitrogens with zero attached hydrogens (tertiary/aromatic N) is 3. The minimum absolute atomic E-state index is 0.0847. The van der Waals surface area contributed by atoms with E-state index in [-0.39, 0.29) is 5.91 Å². The second-order valence-electron chi connectivity index (χ2n) is 6.44. The molecule has 2 N–H and O–H groups in total. The first kappa shape index (κ1) is 16.1. The number of hydrogen-bond acceptors (Lipinski definition) is 4. The molecular formula is C22H15N5O. The molecule has 134 valence electrons. The third kappa shape index (κ3) is 2.87. The van der Waals surface area contributed by atoms with E-state index < -0.39 is 0 Å². The lowest BCUT2D eigenvalue weighted by Crippen LogP contribution is -2.03. The van der Waals surface area contributed by atoms with Gasteiger partial charge in [-0.2, -0.15) is 5.10 Å². The summed E-state index contributed by atoms with van der Waals surface area (Å²) in [5, 5.41) is 11.3. The van der Waals surface area contributed by atoms with Gasteiger partial charge in [-0.3, -0.25) is 19.9 Å². The van der Waals surface area contributed by atoms with E-state index in [2.05, 4.69) is 25.5 Å². The SMILES string of the molecule is O=C1Nc2ccccc2C1=Cc1ccc2c(C=Cc3cnccn3)n[nH]c2c1. The molecule has 2 aromatic heterocycles. The number of hydrogen-bond donors (Lipinski definition) is 2. The van der Waals surface area contributed by atoms with Crippen LogP contribution in [0.1, 0.15) is 22.5 Å². The molecule has 1 aliphatic heterocycles.